The maximum atomic E-state index is 13.3. The molecular formula is C26H29N3O2. The molecule has 5 heteroatoms. The van der Waals surface area contributed by atoms with E-state index >= 15 is 0 Å². The zero-order valence-corrected chi connectivity index (χ0v) is 18.5. The minimum atomic E-state index is -0.235. The lowest BCUT2D eigenvalue weighted by molar-refractivity contribution is -0.136. The SMILES string of the molecule is C=CCN1C(=O)C(c2ccc(C)cc2)=C(N2CCN(c3cccc(C)c3C)CC2)C1=O. The number of hydrogen-bond acceptors (Lipinski definition) is 4. The van der Waals surface area contributed by atoms with Crippen LogP contribution in [0, 0.1) is 20.8 Å². The highest BCUT2D eigenvalue weighted by Gasteiger charge is 2.41. The van der Waals surface area contributed by atoms with Crippen molar-refractivity contribution in [2.75, 3.05) is 37.6 Å². The third kappa shape index (κ3) is 3.76. The molecule has 1 fully saturated rings. The summed E-state index contributed by atoms with van der Waals surface area (Å²) in [4.78, 5) is 32.2. The standard InChI is InChI=1S/C26H29N3O2/c1-5-13-29-25(30)23(21-11-9-18(2)10-12-21)24(26(29)31)28-16-14-27(15-17-28)22-8-6-7-19(3)20(22)4/h5-12H,1,13-17H2,2-4H3. The maximum absolute atomic E-state index is 13.3. The van der Waals surface area contributed by atoms with E-state index in [-0.39, 0.29) is 18.4 Å². The van der Waals surface area contributed by atoms with Gasteiger partial charge < -0.3 is 9.80 Å². The number of carbonyl (C=O) groups is 2. The molecule has 0 spiro atoms. The highest BCUT2D eigenvalue weighted by molar-refractivity contribution is 6.35. The largest absolute Gasteiger partial charge is 0.368 e. The van der Waals surface area contributed by atoms with Crippen molar-refractivity contribution < 1.29 is 9.59 Å². The van der Waals surface area contributed by atoms with Crippen molar-refractivity contribution in [2.45, 2.75) is 20.8 Å². The van der Waals surface area contributed by atoms with Crippen LogP contribution < -0.4 is 4.90 Å². The van der Waals surface area contributed by atoms with Gasteiger partial charge >= 0.3 is 0 Å². The average Bonchev–Trinajstić information content (AvgIpc) is 3.01. The summed E-state index contributed by atoms with van der Waals surface area (Å²) in [6.07, 6.45) is 1.60. The summed E-state index contributed by atoms with van der Waals surface area (Å²) in [5, 5.41) is 0. The van der Waals surface area contributed by atoms with E-state index in [2.05, 4.69) is 48.4 Å². The molecule has 5 nitrogen and oxygen atoms in total. The van der Waals surface area contributed by atoms with Crippen molar-refractivity contribution in [3.05, 3.63) is 83.1 Å². The highest BCUT2D eigenvalue weighted by Crippen LogP contribution is 2.33. The smallest absolute Gasteiger partial charge is 0.278 e. The summed E-state index contributed by atoms with van der Waals surface area (Å²) in [7, 11) is 0. The van der Waals surface area contributed by atoms with Gasteiger partial charge in [-0.3, -0.25) is 14.5 Å². The van der Waals surface area contributed by atoms with E-state index in [9.17, 15) is 9.59 Å². The molecule has 0 atom stereocenters. The molecular weight excluding hydrogens is 386 g/mol. The predicted octanol–water partition coefficient (Wildman–Crippen LogP) is 3.70. The molecule has 160 valence electrons. The third-order valence-electron chi connectivity index (χ3n) is 6.31. The number of carbonyl (C=O) groups excluding carboxylic acids is 2. The van der Waals surface area contributed by atoms with Gasteiger partial charge in [0.2, 0.25) is 0 Å². The van der Waals surface area contributed by atoms with Crippen molar-refractivity contribution in [1.29, 1.82) is 0 Å². The van der Waals surface area contributed by atoms with Gasteiger partial charge in [-0.15, -0.1) is 6.58 Å². The maximum Gasteiger partial charge on any atom is 0.278 e. The Balaban J connectivity index is 1.64. The Bertz CT molecular complexity index is 1060. The van der Waals surface area contributed by atoms with Gasteiger partial charge in [0.1, 0.15) is 5.70 Å². The summed E-state index contributed by atoms with van der Waals surface area (Å²) in [6.45, 7) is 13.2. The number of nitrogens with zero attached hydrogens (tertiary/aromatic N) is 3. The molecule has 0 unspecified atom stereocenters. The molecule has 2 aliphatic rings. The number of piperazine rings is 1. The Morgan fingerprint density at radius 3 is 2.16 bits per heavy atom. The molecule has 2 aromatic rings. The van der Waals surface area contributed by atoms with Gasteiger partial charge in [-0.05, 0) is 43.5 Å². The van der Waals surface area contributed by atoms with E-state index in [1.54, 1.807) is 6.08 Å². The van der Waals surface area contributed by atoms with Crippen LogP contribution in [0.15, 0.2) is 60.8 Å². The minimum absolute atomic E-state index is 0.221. The summed E-state index contributed by atoms with van der Waals surface area (Å²) in [5.74, 6) is -0.457. The molecule has 0 aromatic heterocycles. The molecule has 1 saturated heterocycles. The van der Waals surface area contributed by atoms with Gasteiger partial charge in [-0.2, -0.15) is 0 Å². The summed E-state index contributed by atoms with van der Waals surface area (Å²) < 4.78 is 0. The Morgan fingerprint density at radius 2 is 1.52 bits per heavy atom. The third-order valence-corrected chi connectivity index (χ3v) is 6.31. The lowest BCUT2D eigenvalue weighted by Gasteiger charge is -2.38. The van der Waals surface area contributed by atoms with Crippen LogP contribution in [0.1, 0.15) is 22.3 Å². The average molecular weight is 416 g/mol. The molecule has 4 rings (SSSR count). The lowest BCUT2D eigenvalue weighted by atomic mass is 10.0. The fraction of sp³-hybridized carbons (Fsp3) is 0.308. The van der Waals surface area contributed by atoms with Crippen molar-refractivity contribution in [3.8, 4) is 0 Å². The quantitative estimate of drug-likeness (QED) is 0.552. The molecule has 2 amide bonds. The van der Waals surface area contributed by atoms with Gasteiger partial charge in [0.05, 0.1) is 5.57 Å². The fourth-order valence-electron chi connectivity index (χ4n) is 4.38. The number of imide groups is 1. The highest BCUT2D eigenvalue weighted by atomic mass is 16.2. The van der Waals surface area contributed by atoms with Gasteiger partial charge in [-0.1, -0.05) is 48.0 Å². The van der Waals surface area contributed by atoms with Crippen LogP contribution >= 0.6 is 0 Å². The van der Waals surface area contributed by atoms with Crippen molar-refractivity contribution in [3.63, 3.8) is 0 Å². The van der Waals surface area contributed by atoms with Gasteiger partial charge in [-0.25, -0.2) is 0 Å². The number of hydrogen-bond donors (Lipinski definition) is 0. The summed E-state index contributed by atoms with van der Waals surface area (Å²) in [5.41, 5.74) is 6.76. The van der Waals surface area contributed by atoms with Crippen LogP contribution in [0.25, 0.3) is 5.57 Å². The molecule has 0 saturated carbocycles. The second kappa shape index (κ2) is 8.42. The molecule has 0 bridgehead atoms. The summed E-state index contributed by atoms with van der Waals surface area (Å²) >= 11 is 0. The number of rotatable bonds is 5. The Labute approximate surface area is 184 Å². The monoisotopic (exact) mass is 415 g/mol. The van der Waals surface area contributed by atoms with Gasteiger partial charge in [0.25, 0.3) is 11.8 Å². The van der Waals surface area contributed by atoms with E-state index in [4.69, 9.17) is 0 Å². The Hall–Kier alpha value is -3.34. The molecule has 0 N–H and O–H groups in total. The Morgan fingerprint density at radius 1 is 0.871 bits per heavy atom. The van der Waals surface area contributed by atoms with Crippen LogP contribution in [0.2, 0.25) is 0 Å². The first kappa shape index (κ1) is 20.9. The van der Waals surface area contributed by atoms with Crippen molar-refractivity contribution in [2.24, 2.45) is 0 Å². The van der Waals surface area contributed by atoms with E-state index in [1.165, 1.54) is 21.7 Å². The molecule has 0 radical (unpaired) electrons. The molecule has 31 heavy (non-hydrogen) atoms. The number of amides is 2. The van der Waals surface area contributed by atoms with Crippen molar-refractivity contribution in [1.82, 2.24) is 9.80 Å². The predicted molar refractivity (Wildman–Crippen MR) is 125 cm³/mol. The minimum Gasteiger partial charge on any atom is -0.368 e. The van der Waals surface area contributed by atoms with Crippen molar-refractivity contribution >= 4 is 23.1 Å². The second-order valence-electron chi connectivity index (χ2n) is 8.29. The second-order valence-corrected chi connectivity index (χ2v) is 8.29. The normalized spacial score (nSPS) is 17.1. The van der Waals surface area contributed by atoms with Crippen LogP contribution in [0.5, 0.6) is 0 Å². The van der Waals surface area contributed by atoms with E-state index in [0.717, 1.165) is 24.2 Å². The first-order chi connectivity index (χ1) is 14.9. The van der Waals surface area contributed by atoms with Gasteiger partial charge in [0, 0.05) is 38.4 Å². The van der Waals surface area contributed by atoms with E-state index in [1.807, 2.05) is 31.2 Å². The van der Waals surface area contributed by atoms with Crippen LogP contribution in [0.3, 0.4) is 0 Å². The fourth-order valence-corrected chi connectivity index (χ4v) is 4.38. The zero-order chi connectivity index (χ0) is 22.1. The molecule has 2 aromatic carbocycles. The topological polar surface area (TPSA) is 43.9 Å². The Kier molecular flexibility index (Phi) is 5.68. The van der Waals surface area contributed by atoms with E-state index in [0.29, 0.717) is 24.4 Å². The van der Waals surface area contributed by atoms with E-state index < -0.39 is 0 Å². The number of benzene rings is 2. The van der Waals surface area contributed by atoms with Crippen LogP contribution in [-0.4, -0.2) is 54.3 Å². The van der Waals surface area contributed by atoms with Crippen LogP contribution in [0.4, 0.5) is 5.69 Å². The molecule has 2 heterocycles. The van der Waals surface area contributed by atoms with Crippen LogP contribution in [-0.2, 0) is 9.59 Å². The molecule has 0 aliphatic carbocycles. The van der Waals surface area contributed by atoms with Gasteiger partial charge in [0.15, 0.2) is 0 Å². The zero-order valence-electron chi connectivity index (χ0n) is 18.5. The number of aryl methyl sites for hydroxylation is 2. The summed E-state index contributed by atoms with van der Waals surface area (Å²) in [6, 6.07) is 14.2. The number of anilines is 1. The molecule has 2 aliphatic heterocycles. The first-order valence-corrected chi connectivity index (χ1v) is 10.8. The lowest BCUT2D eigenvalue weighted by Crippen LogP contribution is -2.47. The first-order valence-electron chi connectivity index (χ1n) is 10.8.